The molecule has 1 aliphatic rings. The Morgan fingerprint density at radius 2 is 1.93 bits per heavy atom. The maximum Gasteiger partial charge on any atom is 0.240 e. The van der Waals surface area contributed by atoms with Crippen LogP contribution in [-0.4, -0.2) is 24.7 Å². The molecule has 0 aliphatic carbocycles. The molecule has 1 amide bonds. The zero-order valence-corrected chi connectivity index (χ0v) is 16.2. The molecule has 1 aromatic heterocycles. The molecule has 138 valence electrons. The number of anilines is 1. The molecule has 2 heterocycles. The van der Waals surface area contributed by atoms with E-state index in [1.807, 2.05) is 41.4 Å². The molecule has 0 spiro atoms. The molecule has 2 aromatic carbocycles. The van der Waals surface area contributed by atoms with Crippen molar-refractivity contribution in [3.05, 3.63) is 82.3 Å². The van der Waals surface area contributed by atoms with E-state index in [4.69, 9.17) is 0 Å². The summed E-state index contributed by atoms with van der Waals surface area (Å²) < 4.78 is 13.3. The molecule has 1 unspecified atom stereocenters. The third-order valence-electron chi connectivity index (χ3n) is 4.50. The van der Waals surface area contributed by atoms with Gasteiger partial charge in [0.05, 0.1) is 18.3 Å². The number of nitrogens with zero attached hydrogens (tertiary/aromatic N) is 1. The third kappa shape index (κ3) is 4.17. The highest BCUT2D eigenvalue weighted by atomic mass is 32.2. The number of hydrogen-bond acceptors (Lipinski definition) is 4. The number of nitrogens with one attached hydrogen (secondary N) is 1. The van der Waals surface area contributed by atoms with Crippen LogP contribution < -0.4 is 10.2 Å². The summed E-state index contributed by atoms with van der Waals surface area (Å²) in [4.78, 5) is 17.2. The number of thioether (sulfide) groups is 1. The minimum absolute atomic E-state index is 0.0422. The highest BCUT2D eigenvalue weighted by Crippen LogP contribution is 2.34. The van der Waals surface area contributed by atoms with Crippen molar-refractivity contribution < 1.29 is 9.18 Å². The van der Waals surface area contributed by atoms with E-state index in [0.717, 1.165) is 28.4 Å². The summed E-state index contributed by atoms with van der Waals surface area (Å²) >= 11 is 3.40. The molecule has 6 heteroatoms. The van der Waals surface area contributed by atoms with Gasteiger partial charge < -0.3 is 10.2 Å². The van der Waals surface area contributed by atoms with Gasteiger partial charge in [0.2, 0.25) is 5.91 Å². The van der Waals surface area contributed by atoms with E-state index in [1.165, 1.54) is 17.0 Å². The van der Waals surface area contributed by atoms with Crippen LogP contribution in [0.15, 0.2) is 70.9 Å². The SMILES string of the molecule is O=C(CN1CCSc2ccccc21)NC(c1ccc(F)cc1)c1cccs1. The average molecular weight is 399 g/mol. The van der Waals surface area contributed by atoms with Gasteiger partial charge in [0.15, 0.2) is 0 Å². The summed E-state index contributed by atoms with van der Waals surface area (Å²) in [6.07, 6.45) is 0. The minimum atomic E-state index is -0.280. The standard InChI is InChI=1S/C21H19FN2OS2/c22-16-9-7-15(8-10-16)21(19-6-3-12-26-19)23-20(25)14-24-11-13-27-18-5-2-1-4-17(18)24/h1-10,12,21H,11,13-14H2,(H,23,25). The van der Waals surface area contributed by atoms with Crippen molar-refractivity contribution in [2.45, 2.75) is 10.9 Å². The van der Waals surface area contributed by atoms with E-state index in [-0.39, 0.29) is 17.8 Å². The number of carbonyl (C=O) groups excluding carboxylic acids is 1. The third-order valence-corrected chi connectivity index (χ3v) is 6.48. The van der Waals surface area contributed by atoms with Gasteiger partial charge in [-0.25, -0.2) is 4.39 Å². The quantitative estimate of drug-likeness (QED) is 0.676. The fourth-order valence-corrected chi connectivity index (χ4v) is 5.05. The molecule has 0 fully saturated rings. The van der Waals surface area contributed by atoms with Crippen LogP contribution in [0, 0.1) is 5.82 Å². The van der Waals surface area contributed by atoms with E-state index in [0.29, 0.717) is 6.54 Å². The summed E-state index contributed by atoms with van der Waals surface area (Å²) in [6, 6.07) is 18.2. The number of carbonyl (C=O) groups is 1. The lowest BCUT2D eigenvalue weighted by Crippen LogP contribution is -2.41. The van der Waals surface area contributed by atoms with Gasteiger partial charge in [-0.15, -0.1) is 23.1 Å². The van der Waals surface area contributed by atoms with Crippen LogP contribution >= 0.6 is 23.1 Å². The average Bonchev–Trinajstić information content (AvgIpc) is 3.22. The second kappa shape index (κ2) is 8.15. The van der Waals surface area contributed by atoms with Gasteiger partial charge in [0, 0.05) is 22.1 Å². The van der Waals surface area contributed by atoms with Gasteiger partial charge in [-0.2, -0.15) is 0 Å². The maximum absolute atomic E-state index is 13.3. The topological polar surface area (TPSA) is 32.3 Å². The predicted octanol–water partition coefficient (Wildman–Crippen LogP) is 4.71. The zero-order chi connectivity index (χ0) is 18.6. The first-order valence-electron chi connectivity index (χ1n) is 8.76. The largest absolute Gasteiger partial charge is 0.360 e. The molecule has 0 bridgehead atoms. The van der Waals surface area contributed by atoms with Gasteiger partial charge in [-0.1, -0.05) is 30.3 Å². The van der Waals surface area contributed by atoms with Gasteiger partial charge in [-0.05, 0) is 41.3 Å². The number of para-hydroxylation sites is 1. The molecular weight excluding hydrogens is 379 g/mol. The van der Waals surface area contributed by atoms with Crippen molar-refractivity contribution in [2.75, 3.05) is 23.7 Å². The first kappa shape index (κ1) is 18.1. The van der Waals surface area contributed by atoms with E-state index in [1.54, 1.807) is 23.5 Å². The lowest BCUT2D eigenvalue weighted by molar-refractivity contribution is -0.120. The van der Waals surface area contributed by atoms with Crippen molar-refractivity contribution >= 4 is 34.7 Å². The molecule has 4 rings (SSSR count). The highest BCUT2D eigenvalue weighted by Gasteiger charge is 2.22. The Bertz CT molecular complexity index is 912. The Morgan fingerprint density at radius 3 is 2.70 bits per heavy atom. The second-order valence-electron chi connectivity index (χ2n) is 6.31. The molecule has 1 N–H and O–H groups in total. The summed E-state index contributed by atoms with van der Waals surface area (Å²) in [6.45, 7) is 1.15. The van der Waals surface area contributed by atoms with Crippen LogP contribution in [0.25, 0.3) is 0 Å². The molecule has 1 aliphatic heterocycles. The fraction of sp³-hybridized carbons (Fsp3) is 0.190. The number of benzene rings is 2. The fourth-order valence-electron chi connectivity index (χ4n) is 3.20. The number of halogens is 1. The van der Waals surface area contributed by atoms with Crippen molar-refractivity contribution in [3.63, 3.8) is 0 Å². The molecule has 0 saturated heterocycles. The summed E-state index contributed by atoms with van der Waals surface area (Å²) in [5.41, 5.74) is 1.99. The van der Waals surface area contributed by atoms with Crippen molar-refractivity contribution in [1.82, 2.24) is 5.32 Å². The van der Waals surface area contributed by atoms with Crippen LogP contribution in [-0.2, 0) is 4.79 Å². The Balaban J connectivity index is 1.52. The molecular formula is C21H19FN2OS2. The van der Waals surface area contributed by atoms with Crippen molar-refractivity contribution in [3.8, 4) is 0 Å². The van der Waals surface area contributed by atoms with E-state index in [2.05, 4.69) is 22.3 Å². The number of amides is 1. The Morgan fingerprint density at radius 1 is 1.11 bits per heavy atom. The second-order valence-corrected chi connectivity index (χ2v) is 8.42. The minimum Gasteiger partial charge on any atom is -0.360 e. The van der Waals surface area contributed by atoms with Gasteiger partial charge in [0.25, 0.3) is 0 Å². The smallest absolute Gasteiger partial charge is 0.240 e. The molecule has 0 radical (unpaired) electrons. The normalized spacial score (nSPS) is 14.5. The van der Waals surface area contributed by atoms with Crippen LogP contribution in [0.3, 0.4) is 0 Å². The first-order chi connectivity index (χ1) is 13.2. The van der Waals surface area contributed by atoms with E-state index >= 15 is 0 Å². The number of rotatable bonds is 5. The Hall–Kier alpha value is -2.31. The molecule has 1 atom stereocenters. The molecule has 3 aromatic rings. The van der Waals surface area contributed by atoms with Crippen LogP contribution in [0.1, 0.15) is 16.5 Å². The lowest BCUT2D eigenvalue weighted by atomic mass is 10.1. The number of thiophene rings is 1. The van der Waals surface area contributed by atoms with Gasteiger partial charge in [0.1, 0.15) is 5.82 Å². The zero-order valence-electron chi connectivity index (χ0n) is 14.6. The van der Waals surface area contributed by atoms with Crippen LogP contribution in [0.2, 0.25) is 0 Å². The van der Waals surface area contributed by atoms with E-state index < -0.39 is 0 Å². The first-order valence-corrected chi connectivity index (χ1v) is 10.6. The number of fused-ring (bicyclic) bond motifs is 1. The predicted molar refractivity (Wildman–Crippen MR) is 110 cm³/mol. The Kier molecular flexibility index (Phi) is 5.45. The number of hydrogen-bond donors (Lipinski definition) is 1. The highest BCUT2D eigenvalue weighted by molar-refractivity contribution is 7.99. The summed E-state index contributed by atoms with van der Waals surface area (Å²) in [5.74, 6) is 0.647. The molecule has 3 nitrogen and oxygen atoms in total. The summed E-state index contributed by atoms with van der Waals surface area (Å²) in [5, 5.41) is 5.12. The van der Waals surface area contributed by atoms with Crippen LogP contribution in [0.4, 0.5) is 10.1 Å². The van der Waals surface area contributed by atoms with Gasteiger partial charge in [-0.3, -0.25) is 4.79 Å². The van der Waals surface area contributed by atoms with E-state index in [9.17, 15) is 9.18 Å². The van der Waals surface area contributed by atoms with Crippen molar-refractivity contribution in [2.24, 2.45) is 0 Å². The monoisotopic (exact) mass is 398 g/mol. The van der Waals surface area contributed by atoms with Gasteiger partial charge >= 0.3 is 0 Å². The molecule has 27 heavy (non-hydrogen) atoms. The molecule has 0 saturated carbocycles. The van der Waals surface area contributed by atoms with Crippen molar-refractivity contribution in [1.29, 1.82) is 0 Å². The van der Waals surface area contributed by atoms with Crippen LogP contribution in [0.5, 0.6) is 0 Å². The Labute approximate surface area is 166 Å². The lowest BCUT2D eigenvalue weighted by Gasteiger charge is -2.30. The summed E-state index contributed by atoms with van der Waals surface area (Å²) in [7, 11) is 0. The maximum atomic E-state index is 13.3.